The van der Waals surface area contributed by atoms with E-state index in [4.69, 9.17) is 5.73 Å². The van der Waals surface area contributed by atoms with E-state index in [1.165, 1.54) is 5.56 Å². The van der Waals surface area contributed by atoms with Gasteiger partial charge in [0, 0.05) is 17.3 Å². The van der Waals surface area contributed by atoms with Crippen LogP contribution in [0.15, 0.2) is 42.6 Å². The van der Waals surface area contributed by atoms with Gasteiger partial charge in [0.2, 0.25) is 5.91 Å². The molecule has 18 heavy (non-hydrogen) atoms. The summed E-state index contributed by atoms with van der Waals surface area (Å²) in [5, 5.41) is 0. The summed E-state index contributed by atoms with van der Waals surface area (Å²) in [6.07, 6.45) is 3.87. The van der Waals surface area contributed by atoms with Crippen LogP contribution < -0.4 is 5.73 Å². The minimum atomic E-state index is -0.423. The molecule has 0 saturated carbocycles. The zero-order chi connectivity index (χ0) is 13.0. The topological polar surface area (TPSA) is 56.0 Å². The van der Waals surface area contributed by atoms with Gasteiger partial charge in [0.05, 0.1) is 5.69 Å². The van der Waals surface area contributed by atoms with Gasteiger partial charge in [-0.1, -0.05) is 31.5 Å². The summed E-state index contributed by atoms with van der Waals surface area (Å²) in [7, 11) is 0. The molecule has 0 aliphatic heterocycles. The summed E-state index contributed by atoms with van der Waals surface area (Å²) in [4.78, 5) is 15.7. The second kappa shape index (κ2) is 5.45. The molecule has 1 aromatic carbocycles. The van der Waals surface area contributed by atoms with Crippen LogP contribution in [0.4, 0.5) is 0 Å². The highest BCUT2D eigenvalue weighted by Crippen LogP contribution is 2.22. The highest BCUT2D eigenvalue weighted by Gasteiger charge is 2.10. The Bertz CT molecular complexity index is 564. The molecule has 1 heterocycles. The Kier molecular flexibility index (Phi) is 3.72. The molecule has 0 radical (unpaired) electrons. The van der Waals surface area contributed by atoms with Crippen LogP contribution in [0.25, 0.3) is 11.3 Å². The number of hydrogen-bond donors (Lipinski definition) is 1. The molecule has 0 unspecified atom stereocenters. The minimum Gasteiger partial charge on any atom is -0.366 e. The van der Waals surface area contributed by atoms with Crippen LogP contribution in [0.5, 0.6) is 0 Å². The monoisotopic (exact) mass is 240 g/mol. The molecule has 2 rings (SSSR count). The normalized spacial score (nSPS) is 10.3. The van der Waals surface area contributed by atoms with Crippen molar-refractivity contribution in [2.24, 2.45) is 5.73 Å². The number of carbonyl (C=O) groups excluding carboxylic acids is 1. The van der Waals surface area contributed by atoms with Crippen molar-refractivity contribution in [3.63, 3.8) is 0 Å². The van der Waals surface area contributed by atoms with Gasteiger partial charge in [0.15, 0.2) is 0 Å². The lowest BCUT2D eigenvalue weighted by Crippen LogP contribution is -2.12. The van der Waals surface area contributed by atoms with Crippen molar-refractivity contribution in [3.8, 4) is 11.3 Å². The number of amides is 1. The van der Waals surface area contributed by atoms with E-state index in [9.17, 15) is 4.79 Å². The number of pyridine rings is 1. The Morgan fingerprint density at radius 1 is 1.28 bits per heavy atom. The van der Waals surface area contributed by atoms with Crippen molar-refractivity contribution in [3.05, 3.63) is 53.7 Å². The van der Waals surface area contributed by atoms with Crippen LogP contribution >= 0.6 is 0 Å². The first-order chi connectivity index (χ1) is 8.72. The number of nitrogens with two attached hydrogens (primary N) is 1. The Morgan fingerprint density at radius 3 is 2.78 bits per heavy atom. The number of primary amides is 1. The van der Waals surface area contributed by atoms with Crippen molar-refractivity contribution < 1.29 is 4.79 Å². The average Bonchev–Trinajstić information content (AvgIpc) is 2.39. The largest absolute Gasteiger partial charge is 0.366 e. The van der Waals surface area contributed by atoms with Gasteiger partial charge in [-0.3, -0.25) is 9.78 Å². The maximum absolute atomic E-state index is 11.4. The second-order valence-corrected chi connectivity index (χ2v) is 4.21. The quantitative estimate of drug-likeness (QED) is 0.893. The van der Waals surface area contributed by atoms with Crippen molar-refractivity contribution in [2.75, 3.05) is 0 Å². The summed E-state index contributed by atoms with van der Waals surface area (Å²) >= 11 is 0. The Hall–Kier alpha value is -2.16. The summed E-state index contributed by atoms with van der Waals surface area (Å²) in [6, 6.07) is 11.3. The molecule has 2 aromatic rings. The molecule has 1 aromatic heterocycles. The lowest BCUT2D eigenvalue weighted by molar-refractivity contribution is 0.100. The van der Waals surface area contributed by atoms with E-state index in [1.54, 1.807) is 18.3 Å². The smallest absolute Gasteiger partial charge is 0.249 e. The van der Waals surface area contributed by atoms with E-state index < -0.39 is 5.91 Å². The molecule has 2 N–H and O–H groups in total. The van der Waals surface area contributed by atoms with Crippen LogP contribution in [0, 0.1) is 0 Å². The zero-order valence-electron chi connectivity index (χ0n) is 10.4. The fourth-order valence-corrected chi connectivity index (χ4v) is 1.99. The summed E-state index contributed by atoms with van der Waals surface area (Å²) in [5.74, 6) is -0.423. The van der Waals surface area contributed by atoms with Gasteiger partial charge in [-0.15, -0.1) is 0 Å². The molecular weight excluding hydrogens is 224 g/mol. The number of aromatic nitrogens is 1. The van der Waals surface area contributed by atoms with E-state index in [0.717, 1.165) is 24.1 Å². The third kappa shape index (κ3) is 2.56. The standard InChI is InChI=1S/C15H16N2O/c1-2-5-11-8-9-17-14(10-11)12-6-3-4-7-13(12)15(16)18/h3-4,6-10H,2,5H2,1H3,(H2,16,18). The molecule has 0 fully saturated rings. The fourth-order valence-electron chi connectivity index (χ4n) is 1.99. The van der Waals surface area contributed by atoms with Gasteiger partial charge in [-0.05, 0) is 30.2 Å². The second-order valence-electron chi connectivity index (χ2n) is 4.21. The van der Waals surface area contributed by atoms with E-state index >= 15 is 0 Å². The molecule has 0 saturated heterocycles. The predicted molar refractivity (Wildman–Crippen MR) is 72.2 cm³/mol. The van der Waals surface area contributed by atoms with E-state index in [-0.39, 0.29) is 0 Å². The number of aryl methyl sites for hydroxylation is 1. The van der Waals surface area contributed by atoms with Gasteiger partial charge in [-0.2, -0.15) is 0 Å². The van der Waals surface area contributed by atoms with Crippen LogP contribution in [-0.2, 0) is 6.42 Å². The van der Waals surface area contributed by atoms with Gasteiger partial charge >= 0.3 is 0 Å². The molecule has 1 amide bonds. The predicted octanol–water partition coefficient (Wildman–Crippen LogP) is 2.80. The average molecular weight is 240 g/mol. The Balaban J connectivity index is 2.48. The lowest BCUT2D eigenvalue weighted by Gasteiger charge is -2.07. The molecular formula is C15H16N2O. The Labute approximate surface area is 107 Å². The first kappa shape index (κ1) is 12.3. The highest BCUT2D eigenvalue weighted by molar-refractivity contribution is 5.99. The Morgan fingerprint density at radius 2 is 2.06 bits per heavy atom. The SMILES string of the molecule is CCCc1ccnc(-c2ccccc2C(N)=O)c1. The number of carbonyl (C=O) groups is 1. The number of nitrogens with zero attached hydrogens (tertiary/aromatic N) is 1. The molecule has 3 nitrogen and oxygen atoms in total. The summed E-state index contributed by atoms with van der Waals surface area (Å²) in [5.41, 5.74) is 8.71. The molecule has 3 heteroatoms. The first-order valence-corrected chi connectivity index (χ1v) is 6.06. The summed E-state index contributed by atoms with van der Waals surface area (Å²) < 4.78 is 0. The summed E-state index contributed by atoms with van der Waals surface area (Å²) in [6.45, 7) is 2.14. The van der Waals surface area contributed by atoms with Crippen LogP contribution in [0.3, 0.4) is 0 Å². The van der Waals surface area contributed by atoms with Crippen molar-refractivity contribution >= 4 is 5.91 Å². The molecule has 0 aliphatic carbocycles. The fraction of sp³-hybridized carbons (Fsp3) is 0.200. The van der Waals surface area contributed by atoms with Gasteiger partial charge in [0.25, 0.3) is 0 Å². The highest BCUT2D eigenvalue weighted by atomic mass is 16.1. The van der Waals surface area contributed by atoms with Crippen LogP contribution in [0.2, 0.25) is 0 Å². The third-order valence-corrected chi connectivity index (χ3v) is 2.83. The molecule has 0 bridgehead atoms. The van der Waals surface area contributed by atoms with Gasteiger partial charge < -0.3 is 5.73 Å². The minimum absolute atomic E-state index is 0.423. The van der Waals surface area contributed by atoms with E-state index in [1.807, 2.05) is 24.3 Å². The number of hydrogen-bond acceptors (Lipinski definition) is 2. The molecule has 0 aliphatic rings. The lowest BCUT2D eigenvalue weighted by atomic mass is 10.0. The maximum Gasteiger partial charge on any atom is 0.249 e. The number of benzene rings is 1. The van der Waals surface area contributed by atoms with Gasteiger partial charge in [0.1, 0.15) is 0 Å². The molecule has 92 valence electrons. The molecule has 0 atom stereocenters. The van der Waals surface area contributed by atoms with Crippen molar-refractivity contribution in [1.29, 1.82) is 0 Å². The van der Waals surface area contributed by atoms with Crippen molar-refractivity contribution in [1.82, 2.24) is 4.98 Å². The van der Waals surface area contributed by atoms with Gasteiger partial charge in [-0.25, -0.2) is 0 Å². The van der Waals surface area contributed by atoms with E-state index in [0.29, 0.717) is 5.56 Å². The zero-order valence-corrected chi connectivity index (χ0v) is 10.4. The van der Waals surface area contributed by atoms with Crippen LogP contribution in [-0.4, -0.2) is 10.9 Å². The van der Waals surface area contributed by atoms with Crippen LogP contribution in [0.1, 0.15) is 29.3 Å². The first-order valence-electron chi connectivity index (χ1n) is 6.06. The third-order valence-electron chi connectivity index (χ3n) is 2.83. The molecule has 0 spiro atoms. The van der Waals surface area contributed by atoms with Crippen molar-refractivity contribution in [2.45, 2.75) is 19.8 Å². The van der Waals surface area contributed by atoms with E-state index in [2.05, 4.69) is 11.9 Å². The maximum atomic E-state index is 11.4. The number of rotatable bonds is 4.